The normalized spacial score (nSPS) is 9.73. The van der Waals surface area contributed by atoms with Gasteiger partial charge >= 0.3 is 0 Å². The zero-order valence-corrected chi connectivity index (χ0v) is 22.3. The molecule has 0 heterocycles. The molecule has 194 valence electrons. The average Bonchev–Trinajstić information content (AvgIpc) is 2.94. The molecule has 0 atom stereocenters. The molecule has 4 rings (SSSR count). The first-order chi connectivity index (χ1) is 17.8. The van der Waals surface area contributed by atoms with Crippen LogP contribution in [0.3, 0.4) is 0 Å². The lowest BCUT2D eigenvalue weighted by atomic mass is 10.2. The van der Waals surface area contributed by atoms with Crippen LogP contribution in [0, 0.1) is 20.8 Å². The molecule has 0 unspecified atom stereocenters. The number of carbonyl (C=O) groups is 2. The molecule has 0 amide bonds. The molecular weight excluding hydrogens is 488 g/mol. The summed E-state index contributed by atoms with van der Waals surface area (Å²) in [6, 6.07) is 28.8. The van der Waals surface area contributed by atoms with E-state index in [9.17, 15) is 8.42 Å². The van der Waals surface area contributed by atoms with Crippen molar-refractivity contribution in [3.05, 3.63) is 114 Å². The summed E-state index contributed by atoms with van der Waals surface area (Å²) in [6.45, 7) is 10.2. The minimum absolute atomic E-state index is 0.217. The summed E-state index contributed by atoms with van der Waals surface area (Å²) in [4.78, 5) is 16.4. The van der Waals surface area contributed by atoms with Gasteiger partial charge in [-0.05, 0) is 81.4 Å². The molecule has 4 aromatic rings. The Morgan fingerprint density at radius 1 is 0.486 bits per heavy atom. The lowest BCUT2D eigenvalue weighted by Crippen LogP contribution is -2.01. The standard InChI is InChI=1S/C20H18O4S.C8H10.2CH2O/c1-15-3-5-17(6-4-15)24-18-9-13-20(14-10-18)25(21,22)19-11-7-16(23-2)8-12-19;1-7-3-5-8(2)6-4-7;2*1-2/h3-14H,1-2H3;3-6H,1-2H3;2*1H2. The van der Waals surface area contributed by atoms with Gasteiger partial charge in [0.25, 0.3) is 0 Å². The number of hydrogen-bond donors (Lipinski definition) is 0. The van der Waals surface area contributed by atoms with E-state index in [0.29, 0.717) is 17.2 Å². The summed E-state index contributed by atoms with van der Waals surface area (Å²) < 4.78 is 36.1. The first-order valence-electron chi connectivity index (χ1n) is 11.1. The quantitative estimate of drug-likeness (QED) is 0.296. The minimum Gasteiger partial charge on any atom is -0.497 e. The fourth-order valence-electron chi connectivity index (χ4n) is 2.96. The van der Waals surface area contributed by atoms with Crippen molar-refractivity contribution >= 4 is 23.4 Å². The molecule has 0 fully saturated rings. The monoisotopic (exact) mass is 520 g/mol. The number of sulfone groups is 1. The van der Waals surface area contributed by atoms with E-state index in [2.05, 4.69) is 38.1 Å². The van der Waals surface area contributed by atoms with Crippen LogP contribution < -0.4 is 9.47 Å². The molecule has 7 heteroatoms. The van der Waals surface area contributed by atoms with Crippen LogP contribution in [-0.2, 0) is 19.4 Å². The average molecular weight is 521 g/mol. The lowest BCUT2D eigenvalue weighted by Gasteiger charge is -2.08. The van der Waals surface area contributed by atoms with Crippen LogP contribution in [-0.4, -0.2) is 29.1 Å². The van der Waals surface area contributed by atoms with E-state index in [-0.39, 0.29) is 9.79 Å². The molecular formula is C30H32O6S. The van der Waals surface area contributed by atoms with Crippen molar-refractivity contribution in [1.29, 1.82) is 0 Å². The zero-order chi connectivity index (χ0) is 27.8. The maximum absolute atomic E-state index is 12.7. The number of hydrogen-bond acceptors (Lipinski definition) is 6. The van der Waals surface area contributed by atoms with Gasteiger partial charge in [-0.2, -0.15) is 0 Å². The Morgan fingerprint density at radius 3 is 1.08 bits per heavy atom. The van der Waals surface area contributed by atoms with Gasteiger partial charge in [0.2, 0.25) is 9.84 Å². The Hall–Kier alpha value is -4.23. The van der Waals surface area contributed by atoms with E-state index in [1.807, 2.05) is 44.8 Å². The van der Waals surface area contributed by atoms with Crippen molar-refractivity contribution in [3.8, 4) is 17.2 Å². The van der Waals surface area contributed by atoms with Gasteiger partial charge in [-0.25, -0.2) is 8.42 Å². The van der Waals surface area contributed by atoms with Crippen LogP contribution in [0.2, 0.25) is 0 Å². The molecule has 0 bridgehead atoms. The Kier molecular flexibility index (Phi) is 13.1. The van der Waals surface area contributed by atoms with Crippen LogP contribution >= 0.6 is 0 Å². The molecule has 0 spiro atoms. The highest BCUT2D eigenvalue weighted by atomic mass is 32.2. The lowest BCUT2D eigenvalue weighted by molar-refractivity contribution is -0.0987. The van der Waals surface area contributed by atoms with Crippen LogP contribution in [0.5, 0.6) is 17.2 Å². The van der Waals surface area contributed by atoms with Gasteiger partial charge in [0.1, 0.15) is 30.8 Å². The van der Waals surface area contributed by atoms with Gasteiger partial charge in [-0.3, -0.25) is 0 Å². The molecule has 0 aliphatic rings. The number of carbonyl (C=O) groups excluding carboxylic acids is 2. The summed E-state index contributed by atoms with van der Waals surface area (Å²) in [7, 11) is -2.03. The highest BCUT2D eigenvalue weighted by molar-refractivity contribution is 7.91. The van der Waals surface area contributed by atoms with Crippen molar-refractivity contribution in [2.24, 2.45) is 0 Å². The Morgan fingerprint density at radius 2 is 0.757 bits per heavy atom. The van der Waals surface area contributed by atoms with Crippen molar-refractivity contribution in [1.82, 2.24) is 0 Å². The smallest absolute Gasteiger partial charge is 0.206 e. The summed E-state index contributed by atoms with van der Waals surface area (Å²) >= 11 is 0. The second-order valence-corrected chi connectivity index (χ2v) is 9.67. The minimum atomic E-state index is -3.57. The molecule has 0 aromatic heterocycles. The van der Waals surface area contributed by atoms with E-state index < -0.39 is 9.84 Å². The summed E-state index contributed by atoms with van der Waals surface area (Å²) in [5.41, 5.74) is 3.81. The van der Waals surface area contributed by atoms with Crippen molar-refractivity contribution < 1.29 is 27.5 Å². The summed E-state index contributed by atoms with van der Waals surface area (Å²) in [5, 5.41) is 0. The van der Waals surface area contributed by atoms with E-state index >= 15 is 0 Å². The fourth-order valence-corrected chi connectivity index (χ4v) is 4.22. The van der Waals surface area contributed by atoms with E-state index in [1.54, 1.807) is 36.4 Å². The van der Waals surface area contributed by atoms with Gasteiger partial charge in [0.15, 0.2) is 0 Å². The van der Waals surface area contributed by atoms with E-state index in [0.717, 1.165) is 5.56 Å². The van der Waals surface area contributed by atoms with Crippen LogP contribution in [0.4, 0.5) is 0 Å². The molecule has 4 aromatic carbocycles. The van der Waals surface area contributed by atoms with Crippen LogP contribution in [0.25, 0.3) is 0 Å². The Labute approximate surface area is 219 Å². The van der Waals surface area contributed by atoms with Gasteiger partial charge in [-0.1, -0.05) is 53.1 Å². The molecule has 0 saturated heterocycles. The molecule has 0 radical (unpaired) electrons. The summed E-state index contributed by atoms with van der Waals surface area (Å²) in [5.74, 6) is 1.90. The largest absolute Gasteiger partial charge is 0.497 e. The molecule has 0 aliphatic carbocycles. The maximum atomic E-state index is 12.7. The Balaban J connectivity index is 0.000000478. The van der Waals surface area contributed by atoms with E-state index in [1.165, 1.54) is 30.4 Å². The number of methoxy groups -OCH3 is 1. The molecule has 0 aliphatic heterocycles. The number of benzene rings is 4. The van der Waals surface area contributed by atoms with Gasteiger partial charge < -0.3 is 19.1 Å². The highest BCUT2D eigenvalue weighted by Crippen LogP contribution is 2.27. The first-order valence-corrected chi connectivity index (χ1v) is 12.6. The maximum Gasteiger partial charge on any atom is 0.206 e. The molecule has 0 saturated carbocycles. The fraction of sp³-hybridized carbons (Fsp3) is 0.133. The molecule has 0 N–H and O–H groups in total. The first kappa shape index (κ1) is 30.8. The predicted octanol–water partition coefficient (Wildman–Crippen LogP) is 6.56. The Bertz CT molecular complexity index is 1270. The number of rotatable bonds is 5. The zero-order valence-electron chi connectivity index (χ0n) is 21.5. The third-order valence-electron chi connectivity index (χ3n) is 4.98. The third-order valence-corrected chi connectivity index (χ3v) is 6.76. The second-order valence-electron chi connectivity index (χ2n) is 7.72. The van der Waals surface area contributed by atoms with E-state index in [4.69, 9.17) is 19.1 Å². The van der Waals surface area contributed by atoms with Crippen molar-refractivity contribution in [3.63, 3.8) is 0 Å². The van der Waals surface area contributed by atoms with Crippen LogP contribution in [0.15, 0.2) is 107 Å². The predicted molar refractivity (Wildman–Crippen MR) is 146 cm³/mol. The number of ether oxygens (including phenoxy) is 2. The van der Waals surface area contributed by atoms with Crippen LogP contribution in [0.1, 0.15) is 16.7 Å². The van der Waals surface area contributed by atoms with Gasteiger partial charge in [0, 0.05) is 0 Å². The highest BCUT2D eigenvalue weighted by Gasteiger charge is 2.17. The SMILES string of the molecule is C=O.C=O.COc1ccc(S(=O)(=O)c2ccc(Oc3ccc(C)cc3)cc2)cc1.Cc1ccc(C)cc1. The molecule has 6 nitrogen and oxygen atoms in total. The van der Waals surface area contributed by atoms with Gasteiger partial charge in [-0.15, -0.1) is 0 Å². The van der Waals surface area contributed by atoms with Crippen molar-refractivity contribution in [2.45, 2.75) is 30.6 Å². The van der Waals surface area contributed by atoms with Gasteiger partial charge in [0.05, 0.1) is 16.9 Å². The topological polar surface area (TPSA) is 86.7 Å². The third kappa shape index (κ3) is 9.74. The molecule has 37 heavy (non-hydrogen) atoms. The summed E-state index contributed by atoms with van der Waals surface area (Å²) in [6.07, 6.45) is 0. The van der Waals surface area contributed by atoms with Crippen molar-refractivity contribution in [2.75, 3.05) is 7.11 Å². The number of aryl methyl sites for hydroxylation is 3. The second kappa shape index (κ2) is 15.7.